The molecule has 0 aromatic heterocycles. The van der Waals surface area contributed by atoms with Crippen LogP contribution < -0.4 is 5.73 Å². The van der Waals surface area contributed by atoms with Crippen molar-refractivity contribution in [3.8, 4) is 5.75 Å². The maximum absolute atomic E-state index is 13.2. The predicted octanol–water partition coefficient (Wildman–Crippen LogP) is 2.30. The summed E-state index contributed by atoms with van der Waals surface area (Å²) in [6.07, 6.45) is 2.56. The van der Waals surface area contributed by atoms with Crippen molar-refractivity contribution in [1.29, 1.82) is 0 Å². The molecule has 0 bridgehead atoms. The molecule has 5 heteroatoms. The lowest BCUT2D eigenvalue weighted by molar-refractivity contribution is 0.460. The Balaban J connectivity index is 3.29. The van der Waals surface area contributed by atoms with Gasteiger partial charge < -0.3 is 10.8 Å². The zero-order valence-electron chi connectivity index (χ0n) is 7.10. The van der Waals surface area contributed by atoms with Crippen molar-refractivity contribution in [1.82, 2.24) is 0 Å². The van der Waals surface area contributed by atoms with Gasteiger partial charge in [-0.3, -0.25) is 0 Å². The van der Waals surface area contributed by atoms with Crippen molar-refractivity contribution in [2.24, 2.45) is 5.73 Å². The molecule has 0 heterocycles. The van der Waals surface area contributed by atoms with Crippen LogP contribution in [0, 0.1) is 11.6 Å². The number of benzene rings is 1. The van der Waals surface area contributed by atoms with Crippen LogP contribution in [0.25, 0.3) is 6.08 Å². The number of phenolic OH excluding ortho intramolecular Hbond substituents is 1. The zero-order chi connectivity index (χ0) is 10.7. The van der Waals surface area contributed by atoms with E-state index in [0.29, 0.717) is 0 Å². The highest BCUT2D eigenvalue weighted by atomic mass is 35.5. The normalized spacial score (nSPS) is 11.1. The summed E-state index contributed by atoms with van der Waals surface area (Å²) < 4.78 is 26.3. The standard InChI is InChI=1S/C9H8ClF2NO/c10-8-7(14)4-6(11)5(9(8)12)2-1-3-13/h1-2,4,14H,3,13H2/b2-1+. The Kier molecular flexibility index (Phi) is 3.43. The van der Waals surface area contributed by atoms with Gasteiger partial charge in [-0.2, -0.15) is 0 Å². The number of halogens is 3. The van der Waals surface area contributed by atoms with Gasteiger partial charge in [0.15, 0.2) is 5.82 Å². The number of hydrogen-bond donors (Lipinski definition) is 2. The lowest BCUT2D eigenvalue weighted by atomic mass is 10.1. The van der Waals surface area contributed by atoms with Gasteiger partial charge in [0.25, 0.3) is 0 Å². The van der Waals surface area contributed by atoms with Gasteiger partial charge >= 0.3 is 0 Å². The molecule has 0 unspecified atom stereocenters. The van der Waals surface area contributed by atoms with Gasteiger partial charge in [0.05, 0.1) is 0 Å². The number of hydrogen-bond acceptors (Lipinski definition) is 2. The van der Waals surface area contributed by atoms with Crippen LogP contribution in [0.2, 0.25) is 5.02 Å². The van der Waals surface area contributed by atoms with Gasteiger partial charge in [-0.05, 0) is 0 Å². The topological polar surface area (TPSA) is 46.2 Å². The van der Waals surface area contributed by atoms with E-state index in [1.165, 1.54) is 12.2 Å². The zero-order valence-corrected chi connectivity index (χ0v) is 7.85. The highest BCUT2D eigenvalue weighted by Gasteiger charge is 2.14. The first-order chi connectivity index (χ1) is 6.57. The fourth-order valence-electron chi connectivity index (χ4n) is 0.935. The van der Waals surface area contributed by atoms with Gasteiger partial charge in [-0.15, -0.1) is 0 Å². The highest BCUT2D eigenvalue weighted by molar-refractivity contribution is 6.32. The predicted molar refractivity (Wildman–Crippen MR) is 51.1 cm³/mol. The van der Waals surface area contributed by atoms with E-state index in [-0.39, 0.29) is 12.1 Å². The van der Waals surface area contributed by atoms with Crippen LogP contribution in [0.15, 0.2) is 12.1 Å². The van der Waals surface area contributed by atoms with E-state index in [1.807, 2.05) is 0 Å². The van der Waals surface area contributed by atoms with E-state index in [1.54, 1.807) is 0 Å². The van der Waals surface area contributed by atoms with E-state index in [4.69, 9.17) is 22.4 Å². The summed E-state index contributed by atoms with van der Waals surface area (Å²) in [4.78, 5) is 0. The molecule has 0 fully saturated rings. The maximum Gasteiger partial charge on any atom is 0.155 e. The van der Waals surface area contributed by atoms with Crippen molar-refractivity contribution in [3.63, 3.8) is 0 Å². The summed E-state index contributed by atoms with van der Waals surface area (Å²) >= 11 is 5.38. The Bertz CT molecular complexity index is 380. The fraction of sp³-hybridized carbons (Fsp3) is 0.111. The second kappa shape index (κ2) is 4.39. The molecule has 0 atom stereocenters. The Labute approximate surface area is 84.6 Å². The Morgan fingerprint density at radius 1 is 1.50 bits per heavy atom. The number of nitrogens with two attached hydrogens (primary N) is 1. The Morgan fingerprint density at radius 2 is 2.14 bits per heavy atom. The number of aromatic hydroxyl groups is 1. The molecule has 2 nitrogen and oxygen atoms in total. The molecule has 0 amide bonds. The molecule has 0 saturated carbocycles. The molecule has 0 aliphatic rings. The van der Waals surface area contributed by atoms with E-state index in [0.717, 1.165) is 6.07 Å². The SMILES string of the molecule is NC/C=C/c1c(F)cc(O)c(Cl)c1F. The summed E-state index contributed by atoms with van der Waals surface area (Å²) in [5, 5.41) is 8.47. The molecular formula is C9H8ClF2NO. The van der Waals surface area contributed by atoms with Gasteiger partial charge in [0, 0.05) is 18.2 Å². The van der Waals surface area contributed by atoms with Crippen LogP contribution in [-0.4, -0.2) is 11.7 Å². The molecule has 0 aliphatic heterocycles. The van der Waals surface area contributed by atoms with E-state index in [9.17, 15) is 8.78 Å². The molecule has 76 valence electrons. The van der Waals surface area contributed by atoms with Gasteiger partial charge in [-0.25, -0.2) is 8.78 Å². The molecule has 3 N–H and O–H groups in total. The lowest BCUT2D eigenvalue weighted by Crippen LogP contribution is -1.95. The average Bonchev–Trinajstić information content (AvgIpc) is 2.14. The molecule has 0 spiro atoms. The van der Waals surface area contributed by atoms with Crippen molar-refractivity contribution in [3.05, 3.63) is 34.4 Å². The van der Waals surface area contributed by atoms with Crippen LogP contribution in [-0.2, 0) is 0 Å². The summed E-state index contributed by atoms with van der Waals surface area (Å²) in [5.74, 6) is -2.49. The maximum atomic E-state index is 13.2. The third kappa shape index (κ3) is 2.02. The average molecular weight is 220 g/mol. The second-order valence-electron chi connectivity index (χ2n) is 2.56. The minimum atomic E-state index is -0.992. The minimum absolute atomic E-state index is 0.164. The molecule has 1 aromatic carbocycles. The van der Waals surface area contributed by atoms with Crippen LogP contribution in [0.4, 0.5) is 8.78 Å². The van der Waals surface area contributed by atoms with Crippen molar-refractivity contribution < 1.29 is 13.9 Å². The summed E-state index contributed by atoms with van der Waals surface area (Å²) in [6, 6.07) is 0.752. The fourth-order valence-corrected chi connectivity index (χ4v) is 1.09. The first-order valence-electron chi connectivity index (χ1n) is 3.81. The van der Waals surface area contributed by atoms with Gasteiger partial charge in [-0.1, -0.05) is 23.8 Å². The highest BCUT2D eigenvalue weighted by Crippen LogP contribution is 2.30. The monoisotopic (exact) mass is 219 g/mol. The van der Waals surface area contributed by atoms with Crippen molar-refractivity contribution in [2.75, 3.05) is 6.54 Å². The molecule has 0 aliphatic carbocycles. The molecule has 0 saturated heterocycles. The smallest absolute Gasteiger partial charge is 0.155 e. The summed E-state index contributed by atoms with van der Waals surface area (Å²) in [5.41, 5.74) is 4.82. The minimum Gasteiger partial charge on any atom is -0.506 e. The third-order valence-electron chi connectivity index (χ3n) is 1.60. The quantitative estimate of drug-likeness (QED) is 0.750. The Morgan fingerprint density at radius 3 is 2.71 bits per heavy atom. The van der Waals surface area contributed by atoms with E-state index in [2.05, 4.69) is 0 Å². The Hall–Kier alpha value is -1.13. The first-order valence-corrected chi connectivity index (χ1v) is 4.18. The van der Waals surface area contributed by atoms with Gasteiger partial charge in [0.2, 0.25) is 0 Å². The summed E-state index contributed by atoms with van der Waals surface area (Å²) in [6.45, 7) is 0.164. The van der Waals surface area contributed by atoms with Crippen molar-refractivity contribution in [2.45, 2.75) is 0 Å². The molecule has 1 rings (SSSR count). The van der Waals surface area contributed by atoms with E-state index < -0.39 is 22.4 Å². The molecule has 1 aromatic rings. The van der Waals surface area contributed by atoms with Crippen LogP contribution >= 0.6 is 11.6 Å². The first kappa shape index (κ1) is 10.9. The molecule has 0 radical (unpaired) electrons. The lowest BCUT2D eigenvalue weighted by Gasteiger charge is -2.03. The third-order valence-corrected chi connectivity index (χ3v) is 1.95. The van der Waals surface area contributed by atoms with Crippen LogP contribution in [0.3, 0.4) is 0 Å². The number of rotatable bonds is 2. The van der Waals surface area contributed by atoms with E-state index >= 15 is 0 Å². The summed E-state index contributed by atoms with van der Waals surface area (Å²) in [7, 11) is 0. The van der Waals surface area contributed by atoms with Crippen molar-refractivity contribution >= 4 is 17.7 Å². The van der Waals surface area contributed by atoms with Crippen LogP contribution in [0.5, 0.6) is 5.75 Å². The molecular weight excluding hydrogens is 212 g/mol. The molecule has 14 heavy (non-hydrogen) atoms. The largest absolute Gasteiger partial charge is 0.506 e. The second-order valence-corrected chi connectivity index (χ2v) is 2.94. The number of phenols is 1. The van der Waals surface area contributed by atoms with Crippen LogP contribution in [0.1, 0.15) is 5.56 Å². The van der Waals surface area contributed by atoms with Gasteiger partial charge in [0.1, 0.15) is 16.6 Å².